The summed E-state index contributed by atoms with van der Waals surface area (Å²) in [4.78, 5) is 26.6. The van der Waals surface area contributed by atoms with Crippen molar-refractivity contribution < 1.29 is 14.0 Å². The van der Waals surface area contributed by atoms with Gasteiger partial charge in [0.1, 0.15) is 5.82 Å². The van der Waals surface area contributed by atoms with Gasteiger partial charge in [-0.25, -0.2) is 9.18 Å². The standard InChI is InChI=1S/C26H37FN4O2/c1-24-9-18-10-25(2,14-24)16-26(11-18,15-24)30-23(33)29-21-6-5-17(8-20(21)27)12-31-7-3-4-19(13-31)22(28)32/h5-6,8,18-19H,3-4,7,9-16H2,1-2H3,(H2,28,32)(H2,29,30,33)/t18?,19-,24-,25+,26?/m0/s1. The van der Waals surface area contributed by atoms with Gasteiger partial charge in [-0.15, -0.1) is 0 Å². The van der Waals surface area contributed by atoms with E-state index in [0.717, 1.165) is 44.2 Å². The van der Waals surface area contributed by atoms with Gasteiger partial charge in [0.25, 0.3) is 0 Å². The van der Waals surface area contributed by atoms with Crippen molar-refractivity contribution >= 4 is 17.6 Å². The third-order valence-corrected chi connectivity index (χ3v) is 8.60. The quantitative estimate of drug-likeness (QED) is 0.614. The normalized spacial score (nSPS) is 37.7. The van der Waals surface area contributed by atoms with E-state index < -0.39 is 5.82 Å². The molecular formula is C26H37FN4O2. The highest BCUT2D eigenvalue weighted by Gasteiger charge is 2.60. The van der Waals surface area contributed by atoms with E-state index in [1.807, 2.05) is 6.07 Å². The molecule has 1 aromatic carbocycles. The van der Waals surface area contributed by atoms with E-state index in [2.05, 4.69) is 29.4 Å². The van der Waals surface area contributed by atoms with Crippen LogP contribution in [0.2, 0.25) is 0 Å². The first kappa shape index (κ1) is 22.6. The lowest BCUT2D eigenvalue weighted by Crippen LogP contribution is -2.65. The number of primary amides is 1. The minimum atomic E-state index is -0.435. The number of benzene rings is 1. The molecule has 6 nitrogen and oxygen atoms in total. The van der Waals surface area contributed by atoms with Crippen molar-refractivity contribution in [3.63, 3.8) is 0 Å². The lowest BCUT2D eigenvalue weighted by Gasteiger charge is -2.65. The second kappa shape index (κ2) is 7.97. The van der Waals surface area contributed by atoms with E-state index in [4.69, 9.17) is 5.73 Å². The number of likely N-dealkylation sites (tertiary alicyclic amines) is 1. The molecule has 0 spiro atoms. The number of hydrogen-bond acceptors (Lipinski definition) is 3. The van der Waals surface area contributed by atoms with Gasteiger partial charge in [0.15, 0.2) is 0 Å². The maximum Gasteiger partial charge on any atom is 0.319 e. The van der Waals surface area contributed by atoms with Gasteiger partial charge in [0.2, 0.25) is 5.91 Å². The molecule has 3 amide bonds. The molecule has 33 heavy (non-hydrogen) atoms. The van der Waals surface area contributed by atoms with Crippen molar-refractivity contribution in [2.24, 2.45) is 28.4 Å². The zero-order valence-electron chi connectivity index (χ0n) is 19.9. The molecule has 7 heteroatoms. The number of nitrogens with two attached hydrogens (primary N) is 1. The number of piperidine rings is 1. The molecule has 4 saturated carbocycles. The number of carbonyl (C=O) groups excluding carboxylic acids is 2. The van der Waals surface area contributed by atoms with Crippen LogP contribution in [-0.4, -0.2) is 35.5 Å². The van der Waals surface area contributed by atoms with Gasteiger partial charge in [-0.1, -0.05) is 19.9 Å². The monoisotopic (exact) mass is 456 g/mol. The predicted molar refractivity (Wildman–Crippen MR) is 126 cm³/mol. The Hall–Kier alpha value is -2.15. The fourth-order valence-electron chi connectivity index (χ4n) is 8.43. The van der Waals surface area contributed by atoms with Crippen molar-refractivity contribution in [3.05, 3.63) is 29.6 Å². The van der Waals surface area contributed by atoms with Crippen LogP contribution in [0.15, 0.2) is 18.2 Å². The van der Waals surface area contributed by atoms with Crippen LogP contribution in [-0.2, 0) is 11.3 Å². The minimum absolute atomic E-state index is 0.137. The Kier molecular flexibility index (Phi) is 5.46. The molecule has 5 aliphatic rings. The van der Waals surface area contributed by atoms with Crippen LogP contribution in [0.25, 0.3) is 0 Å². The maximum atomic E-state index is 14.9. The Balaban J connectivity index is 1.21. The molecule has 180 valence electrons. The van der Waals surface area contributed by atoms with Crippen molar-refractivity contribution in [2.45, 2.75) is 77.3 Å². The van der Waals surface area contributed by atoms with Gasteiger partial charge in [-0.05, 0) is 92.4 Å². The number of carbonyl (C=O) groups is 2. The van der Waals surface area contributed by atoms with Gasteiger partial charge in [0, 0.05) is 18.6 Å². The summed E-state index contributed by atoms with van der Waals surface area (Å²) in [5.41, 5.74) is 6.92. The van der Waals surface area contributed by atoms with Gasteiger partial charge in [-0.3, -0.25) is 9.69 Å². The molecule has 1 saturated heterocycles. The minimum Gasteiger partial charge on any atom is -0.369 e. The fourth-order valence-corrected chi connectivity index (χ4v) is 8.43. The number of nitrogens with one attached hydrogen (secondary N) is 2. The van der Waals surface area contributed by atoms with Gasteiger partial charge < -0.3 is 16.4 Å². The van der Waals surface area contributed by atoms with Crippen LogP contribution in [0.1, 0.15) is 70.8 Å². The SMILES string of the molecule is C[C@]12CC3CC(NC(=O)Nc4ccc(CN5CCC[C@H](C(N)=O)C5)cc4F)(C1)C[C@@](C)(C3)C2. The molecule has 4 aliphatic carbocycles. The van der Waals surface area contributed by atoms with Crippen LogP contribution in [0.5, 0.6) is 0 Å². The molecule has 2 unspecified atom stereocenters. The summed E-state index contributed by atoms with van der Waals surface area (Å²) in [6.45, 7) is 6.79. The molecule has 1 aromatic rings. The van der Waals surface area contributed by atoms with Crippen LogP contribution in [0, 0.1) is 28.5 Å². The van der Waals surface area contributed by atoms with Crippen LogP contribution in [0.4, 0.5) is 14.9 Å². The van der Waals surface area contributed by atoms with E-state index in [9.17, 15) is 14.0 Å². The van der Waals surface area contributed by atoms with E-state index >= 15 is 0 Å². The fraction of sp³-hybridized carbons (Fsp3) is 0.692. The number of halogens is 1. The van der Waals surface area contributed by atoms with Crippen LogP contribution >= 0.6 is 0 Å². The molecule has 4 N–H and O–H groups in total. The first-order valence-electron chi connectivity index (χ1n) is 12.4. The van der Waals surface area contributed by atoms with Crippen LogP contribution < -0.4 is 16.4 Å². The van der Waals surface area contributed by atoms with Crippen molar-refractivity contribution in [1.82, 2.24) is 10.2 Å². The first-order valence-corrected chi connectivity index (χ1v) is 12.4. The third kappa shape index (κ3) is 4.61. The number of amides is 3. The Morgan fingerprint density at radius 2 is 1.88 bits per heavy atom. The van der Waals surface area contributed by atoms with Crippen molar-refractivity contribution in [3.8, 4) is 0 Å². The van der Waals surface area contributed by atoms with Crippen molar-refractivity contribution in [1.29, 1.82) is 0 Å². The molecule has 5 fully saturated rings. The summed E-state index contributed by atoms with van der Waals surface area (Å²) in [5, 5.41) is 6.04. The summed E-state index contributed by atoms with van der Waals surface area (Å²) in [6.07, 6.45) is 8.58. The smallest absolute Gasteiger partial charge is 0.319 e. The Bertz CT molecular complexity index is 948. The second-order valence-electron chi connectivity index (χ2n) is 12.3. The number of anilines is 1. The predicted octanol–water partition coefficient (Wildman–Crippen LogP) is 4.39. The molecule has 1 aliphatic heterocycles. The molecule has 1 heterocycles. The average Bonchev–Trinajstić information content (AvgIpc) is 2.67. The van der Waals surface area contributed by atoms with E-state index in [0.29, 0.717) is 29.8 Å². The molecular weight excluding hydrogens is 419 g/mol. The number of hydrogen-bond donors (Lipinski definition) is 3. The molecule has 0 aromatic heterocycles. The topological polar surface area (TPSA) is 87.5 Å². The van der Waals surface area contributed by atoms with Gasteiger partial charge in [-0.2, -0.15) is 0 Å². The van der Waals surface area contributed by atoms with E-state index in [1.165, 1.54) is 25.3 Å². The third-order valence-electron chi connectivity index (χ3n) is 8.60. The highest BCUT2D eigenvalue weighted by molar-refractivity contribution is 5.90. The summed E-state index contributed by atoms with van der Waals surface area (Å²) in [6, 6.07) is 4.66. The van der Waals surface area contributed by atoms with Crippen LogP contribution in [0.3, 0.4) is 0 Å². The summed E-state index contributed by atoms with van der Waals surface area (Å²) in [5.74, 6) is -0.159. The van der Waals surface area contributed by atoms with E-state index in [-0.39, 0.29) is 29.1 Å². The molecule has 5 atom stereocenters. The molecule has 0 radical (unpaired) electrons. The number of nitrogens with zero attached hydrogens (tertiary/aromatic N) is 1. The highest BCUT2D eigenvalue weighted by atomic mass is 19.1. The lowest BCUT2D eigenvalue weighted by molar-refractivity contribution is -0.123. The summed E-state index contributed by atoms with van der Waals surface area (Å²) in [7, 11) is 0. The summed E-state index contributed by atoms with van der Waals surface area (Å²) >= 11 is 0. The Labute approximate surface area is 195 Å². The zero-order chi connectivity index (χ0) is 23.4. The van der Waals surface area contributed by atoms with E-state index in [1.54, 1.807) is 6.07 Å². The number of rotatable bonds is 5. The Morgan fingerprint density at radius 1 is 1.15 bits per heavy atom. The van der Waals surface area contributed by atoms with Gasteiger partial charge in [0.05, 0.1) is 11.6 Å². The number of urea groups is 1. The second-order valence-corrected chi connectivity index (χ2v) is 12.3. The first-order chi connectivity index (χ1) is 15.5. The van der Waals surface area contributed by atoms with Crippen molar-refractivity contribution in [2.75, 3.05) is 18.4 Å². The zero-order valence-corrected chi connectivity index (χ0v) is 19.9. The highest BCUT2D eigenvalue weighted by Crippen LogP contribution is 2.66. The Morgan fingerprint density at radius 3 is 2.52 bits per heavy atom. The molecule has 6 rings (SSSR count). The average molecular weight is 457 g/mol. The largest absolute Gasteiger partial charge is 0.369 e. The maximum absolute atomic E-state index is 14.9. The van der Waals surface area contributed by atoms with Gasteiger partial charge >= 0.3 is 6.03 Å². The summed E-state index contributed by atoms with van der Waals surface area (Å²) < 4.78 is 14.9. The molecule has 4 bridgehead atoms. The lowest BCUT2D eigenvalue weighted by atomic mass is 9.43.